The molecule has 0 aromatic carbocycles. The predicted octanol–water partition coefficient (Wildman–Crippen LogP) is 2.76. The molecule has 2 heteroatoms. The quantitative estimate of drug-likeness (QED) is 0.628. The van der Waals surface area contributed by atoms with Crippen LogP contribution in [0.25, 0.3) is 0 Å². The molecule has 2 atom stereocenters. The summed E-state index contributed by atoms with van der Waals surface area (Å²) in [5.74, 6) is 0.677. The minimum absolute atomic E-state index is 0.0396. The molecule has 0 bridgehead atoms. The zero-order valence-corrected chi connectivity index (χ0v) is 9.09. The Balaban J connectivity index is 2.41. The molecule has 13 heavy (non-hydrogen) atoms. The zero-order chi connectivity index (χ0) is 10.1. The molecule has 76 valence electrons. The maximum absolute atomic E-state index is 10.7. The van der Waals surface area contributed by atoms with Gasteiger partial charge in [0, 0.05) is 5.41 Å². The van der Waals surface area contributed by atoms with Gasteiger partial charge in [0.1, 0.15) is 6.10 Å². The summed E-state index contributed by atoms with van der Waals surface area (Å²) in [6.45, 7) is 8.84. The Morgan fingerprint density at radius 1 is 1.62 bits per heavy atom. The normalized spacial score (nSPS) is 24.9. The van der Waals surface area contributed by atoms with Crippen molar-refractivity contribution in [1.29, 1.82) is 0 Å². The topological polar surface area (TPSA) is 26.3 Å². The standard InChI is InChI=1S/C11H20O2/c1-5-8(2)7-11(3,4)9-6-10(12)13-9/h8-9H,5-7H2,1-4H3. The Bertz CT molecular complexity index is 188. The second-order valence-corrected chi connectivity index (χ2v) is 4.89. The van der Waals surface area contributed by atoms with Gasteiger partial charge in [0.2, 0.25) is 0 Å². The molecule has 0 aromatic heterocycles. The monoisotopic (exact) mass is 184 g/mol. The first kappa shape index (κ1) is 10.6. The van der Waals surface area contributed by atoms with Gasteiger partial charge in [0.05, 0.1) is 6.42 Å². The fourth-order valence-corrected chi connectivity index (χ4v) is 1.91. The van der Waals surface area contributed by atoms with Gasteiger partial charge in [-0.15, -0.1) is 0 Å². The Morgan fingerprint density at radius 2 is 2.15 bits per heavy atom. The van der Waals surface area contributed by atoms with Gasteiger partial charge >= 0.3 is 5.97 Å². The molecule has 1 aliphatic heterocycles. The van der Waals surface area contributed by atoms with E-state index in [4.69, 9.17) is 4.74 Å². The summed E-state index contributed by atoms with van der Waals surface area (Å²) in [6.07, 6.45) is 3.11. The number of rotatable bonds is 4. The first-order valence-electron chi connectivity index (χ1n) is 5.15. The highest BCUT2D eigenvalue weighted by Gasteiger charge is 2.41. The summed E-state index contributed by atoms with van der Waals surface area (Å²) in [5.41, 5.74) is 0.156. The van der Waals surface area contributed by atoms with Crippen LogP contribution in [0, 0.1) is 11.3 Å². The molecule has 0 spiro atoms. The highest BCUT2D eigenvalue weighted by molar-refractivity contribution is 5.75. The molecule has 2 unspecified atom stereocenters. The van der Waals surface area contributed by atoms with E-state index < -0.39 is 0 Å². The first-order valence-corrected chi connectivity index (χ1v) is 5.15. The minimum Gasteiger partial charge on any atom is -0.461 e. The van der Waals surface area contributed by atoms with Crippen LogP contribution in [0.5, 0.6) is 0 Å². The van der Waals surface area contributed by atoms with Crippen molar-refractivity contribution in [3.05, 3.63) is 0 Å². The maximum atomic E-state index is 10.7. The second-order valence-electron chi connectivity index (χ2n) is 4.89. The van der Waals surface area contributed by atoms with Crippen LogP contribution in [0.3, 0.4) is 0 Å². The van der Waals surface area contributed by atoms with Crippen LogP contribution >= 0.6 is 0 Å². The number of ether oxygens (including phenoxy) is 1. The third-order valence-electron chi connectivity index (χ3n) is 3.07. The smallest absolute Gasteiger partial charge is 0.309 e. The van der Waals surface area contributed by atoms with Crippen LogP contribution in [0.4, 0.5) is 0 Å². The lowest BCUT2D eigenvalue weighted by Crippen LogP contribution is -2.44. The van der Waals surface area contributed by atoms with Crippen LogP contribution in [-0.4, -0.2) is 12.1 Å². The summed E-state index contributed by atoms with van der Waals surface area (Å²) in [7, 11) is 0. The van der Waals surface area contributed by atoms with E-state index in [0.29, 0.717) is 12.3 Å². The Morgan fingerprint density at radius 3 is 2.54 bits per heavy atom. The first-order chi connectivity index (χ1) is 5.95. The number of hydrogen-bond acceptors (Lipinski definition) is 2. The molecule has 0 N–H and O–H groups in total. The number of cyclic esters (lactones) is 1. The lowest BCUT2D eigenvalue weighted by Gasteiger charge is -2.40. The molecule has 1 saturated heterocycles. The van der Waals surface area contributed by atoms with E-state index in [1.54, 1.807) is 0 Å². The fourth-order valence-electron chi connectivity index (χ4n) is 1.91. The van der Waals surface area contributed by atoms with Crippen molar-refractivity contribution < 1.29 is 9.53 Å². The van der Waals surface area contributed by atoms with Gasteiger partial charge in [0.15, 0.2) is 0 Å². The minimum atomic E-state index is -0.0396. The van der Waals surface area contributed by atoms with E-state index in [0.717, 1.165) is 6.42 Å². The Kier molecular flexibility index (Phi) is 2.99. The van der Waals surface area contributed by atoms with Crippen molar-refractivity contribution in [1.82, 2.24) is 0 Å². The molecule has 1 fully saturated rings. The van der Waals surface area contributed by atoms with Crippen molar-refractivity contribution in [3.63, 3.8) is 0 Å². The SMILES string of the molecule is CCC(C)CC(C)(C)C1CC(=O)O1. The number of esters is 1. The average Bonchev–Trinajstić information content (AvgIpc) is 1.97. The summed E-state index contributed by atoms with van der Waals surface area (Å²) in [5, 5.41) is 0. The van der Waals surface area contributed by atoms with Crippen LogP contribution in [0.1, 0.15) is 47.0 Å². The van der Waals surface area contributed by atoms with E-state index in [-0.39, 0.29) is 17.5 Å². The molecule has 0 aromatic rings. The molecular formula is C11H20O2. The lowest BCUT2D eigenvalue weighted by molar-refractivity contribution is -0.182. The second kappa shape index (κ2) is 3.69. The molecule has 1 aliphatic rings. The molecule has 0 saturated carbocycles. The molecule has 1 heterocycles. The van der Waals surface area contributed by atoms with Crippen molar-refractivity contribution in [3.8, 4) is 0 Å². The van der Waals surface area contributed by atoms with Gasteiger partial charge in [-0.05, 0) is 12.3 Å². The summed E-state index contributed by atoms with van der Waals surface area (Å²) in [6, 6.07) is 0. The van der Waals surface area contributed by atoms with Crippen LogP contribution in [-0.2, 0) is 9.53 Å². The van der Waals surface area contributed by atoms with E-state index in [9.17, 15) is 4.79 Å². The molecule has 2 nitrogen and oxygen atoms in total. The van der Waals surface area contributed by atoms with Gasteiger partial charge in [-0.2, -0.15) is 0 Å². The maximum Gasteiger partial charge on any atom is 0.309 e. The third-order valence-corrected chi connectivity index (χ3v) is 3.07. The van der Waals surface area contributed by atoms with E-state index in [1.807, 2.05) is 0 Å². The Labute approximate surface area is 80.7 Å². The average molecular weight is 184 g/mol. The van der Waals surface area contributed by atoms with Gasteiger partial charge in [0.25, 0.3) is 0 Å². The van der Waals surface area contributed by atoms with Crippen molar-refractivity contribution in [2.45, 2.75) is 53.1 Å². The van der Waals surface area contributed by atoms with E-state index in [2.05, 4.69) is 27.7 Å². The highest BCUT2D eigenvalue weighted by Crippen LogP contribution is 2.38. The van der Waals surface area contributed by atoms with Gasteiger partial charge in [-0.25, -0.2) is 0 Å². The molecule has 0 aliphatic carbocycles. The van der Waals surface area contributed by atoms with Crippen LogP contribution < -0.4 is 0 Å². The predicted molar refractivity (Wildman–Crippen MR) is 52.4 cm³/mol. The van der Waals surface area contributed by atoms with Crippen molar-refractivity contribution in [2.75, 3.05) is 0 Å². The van der Waals surface area contributed by atoms with E-state index in [1.165, 1.54) is 6.42 Å². The lowest BCUT2D eigenvalue weighted by atomic mass is 9.75. The molecular weight excluding hydrogens is 164 g/mol. The number of carbonyl (C=O) groups excluding carboxylic acids is 1. The van der Waals surface area contributed by atoms with Gasteiger partial charge < -0.3 is 4.74 Å². The summed E-state index contributed by atoms with van der Waals surface area (Å²) < 4.78 is 5.11. The highest BCUT2D eigenvalue weighted by atomic mass is 16.6. The fraction of sp³-hybridized carbons (Fsp3) is 0.909. The van der Waals surface area contributed by atoms with Crippen molar-refractivity contribution >= 4 is 5.97 Å². The molecule has 0 radical (unpaired) electrons. The Hall–Kier alpha value is -0.530. The number of hydrogen-bond donors (Lipinski definition) is 0. The largest absolute Gasteiger partial charge is 0.461 e. The van der Waals surface area contributed by atoms with Crippen molar-refractivity contribution in [2.24, 2.45) is 11.3 Å². The summed E-state index contributed by atoms with van der Waals surface area (Å²) in [4.78, 5) is 10.7. The van der Waals surface area contributed by atoms with Gasteiger partial charge in [-0.3, -0.25) is 4.79 Å². The number of carbonyl (C=O) groups is 1. The van der Waals surface area contributed by atoms with Gasteiger partial charge in [-0.1, -0.05) is 34.1 Å². The van der Waals surface area contributed by atoms with Crippen LogP contribution in [0.2, 0.25) is 0 Å². The van der Waals surface area contributed by atoms with E-state index >= 15 is 0 Å². The third kappa shape index (κ3) is 2.45. The molecule has 0 amide bonds. The van der Waals surface area contributed by atoms with Crippen LogP contribution in [0.15, 0.2) is 0 Å². The summed E-state index contributed by atoms with van der Waals surface area (Å²) >= 11 is 0. The molecule has 1 rings (SSSR count). The zero-order valence-electron chi connectivity index (χ0n) is 9.09.